The average Bonchev–Trinajstić information content (AvgIpc) is 2.92. The van der Waals surface area contributed by atoms with E-state index < -0.39 is 5.97 Å². The molecule has 1 aromatic heterocycles. The van der Waals surface area contributed by atoms with Crippen molar-refractivity contribution in [1.29, 1.82) is 0 Å². The minimum atomic E-state index is -0.641. The van der Waals surface area contributed by atoms with E-state index in [2.05, 4.69) is 4.74 Å². The number of phenolic OH excluding ortho intramolecular Hbond substituents is 1. The van der Waals surface area contributed by atoms with E-state index in [9.17, 15) is 19.5 Å². The van der Waals surface area contributed by atoms with Crippen LogP contribution < -0.4 is 0 Å². The van der Waals surface area contributed by atoms with Crippen LogP contribution in [0.1, 0.15) is 38.5 Å². The summed E-state index contributed by atoms with van der Waals surface area (Å²) in [5.74, 6) is -1.25. The summed E-state index contributed by atoms with van der Waals surface area (Å²) in [4.78, 5) is 35.6. The van der Waals surface area contributed by atoms with Crippen LogP contribution in [0.25, 0.3) is 0 Å². The Labute approximate surface area is 151 Å². The highest BCUT2D eigenvalue weighted by Gasteiger charge is 2.18. The van der Waals surface area contributed by atoms with Crippen molar-refractivity contribution in [3.8, 4) is 5.75 Å². The fourth-order valence-corrected chi connectivity index (χ4v) is 2.62. The maximum Gasteiger partial charge on any atom is 0.338 e. The fraction of sp³-hybridized carbons (Fsp3) is 0.316. The largest absolute Gasteiger partial charge is 0.508 e. The van der Waals surface area contributed by atoms with Crippen LogP contribution in [0, 0.1) is 13.8 Å². The van der Waals surface area contributed by atoms with Gasteiger partial charge in [-0.05, 0) is 44.2 Å². The van der Waals surface area contributed by atoms with Crippen molar-refractivity contribution in [3.63, 3.8) is 0 Å². The Bertz CT molecular complexity index is 819. The van der Waals surface area contributed by atoms with E-state index in [0.29, 0.717) is 17.8 Å². The lowest BCUT2D eigenvalue weighted by molar-refractivity contribution is -0.140. The summed E-state index contributed by atoms with van der Waals surface area (Å²) in [6.07, 6.45) is 0.205. The highest BCUT2D eigenvalue weighted by Crippen LogP contribution is 2.17. The number of esters is 2. The van der Waals surface area contributed by atoms with Gasteiger partial charge in [-0.25, -0.2) is 4.79 Å². The molecule has 138 valence electrons. The Kier molecular flexibility index (Phi) is 6.16. The summed E-state index contributed by atoms with van der Waals surface area (Å²) in [5, 5.41) is 9.22. The molecule has 0 saturated heterocycles. The fourth-order valence-electron chi connectivity index (χ4n) is 2.62. The maximum absolute atomic E-state index is 12.4. The smallest absolute Gasteiger partial charge is 0.338 e. The third kappa shape index (κ3) is 4.50. The number of nitrogens with zero attached hydrogens (tertiary/aromatic N) is 1. The van der Waals surface area contributed by atoms with Gasteiger partial charge in [0.05, 0.1) is 19.1 Å². The third-order valence-electron chi connectivity index (χ3n) is 4.08. The van der Waals surface area contributed by atoms with Gasteiger partial charge in [0, 0.05) is 23.5 Å². The standard InChI is InChI=1S/C19H21NO6/c1-12-10-16(13(2)20(12)9-8-18(23)25-3)17(22)11-26-19(24)14-4-6-15(21)7-5-14/h4-7,10,21H,8-9,11H2,1-3H3. The summed E-state index contributed by atoms with van der Waals surface area (Å²) in [7, 11) is 1.33. The van der Waals surface area contributed by atoms with Crippen LogP contribution in [0.4, 0.5) is 0 Å². The number of rotatable bonds is 7. The summed E-state index contributed by atoms with van der Waals surface area (Å²) in [6.45, 7) is 3.63. The van der Waals surface area contributed by atoms with Crippen LogP contribution in [0.3, 0.4) is 0 Å². The van der Waals surface area contributed by atoms with E-state index in [4.69, 9.17) is 4.74 Å². The van der Waals surface area contributed by atoms with E-state index in [1.54, 1.807) is 13.0 Å². The Balaban J connectivity index is 2.02. The molecule has 0 aliphatic heterocycles. The number of benzene rings is 1. The van der Waals surface area contributed by atoms with Crippen molar-refractivity contribution in [3.05, 3.63) is 52.8 Å². The Hall–Kier alpha value is -3.09. The molecule has 0 unspecified atom stereocenters. The number of aromatic hydroxyl groups is 1. The highest BCUT2D eigenvalue weighted by atomic mass is 16.5. The first-order chi connectivity index (χ1) is 12.3. The predicted molar refractivity (Wildman–Crippen MR) is 93.3 cm³/mol. The second-order valence-corrected chi connectivity index (χ2v) is 5.81. The number of phenols is 1. The van der Waals surface area contributed by atoms with E-state index in [1.165, 1.54) is 31.4 Å². The summed E-state index contributed by atoms with van der Waals surface area (Å²) < 4.78 is 11.5. The number of carbonyl (C=O) groups excluding carboxylic acids is 3. The molecule has 2 rings (SSSR count). The molecule has 1 N–H and O–H groups in total. The molecule has 0 saturated carbocycles. The van der Waals surface area contributed by atoms with E-state index >= 15 is 0 Å². The molecule has 0 bridgehead atoms. The molecule has 0 fully saturated rings. The van der Waals surface area contributed by atoms with E-state index in [-0.39, 0.29) is 36.1 Å². The first-order valence-corrected chi connectivity index (χ1v) is 8.06. The van der Waals surface area contributed by atoms with Gasteiger partial charge in [0.1, 0.15) is 5.75 Å². The van der Waals surface area contributed by atoms with Crippen LogP contribution in [0.5, 0.6) is 5.75 Å². The number of methoxy groups -OCH3 is 1. The second-order valence-electron chi connectivity index (χ2n) is 5.81. The van der Waals surface area contributed by atoms with Gasteiger partial charge in [-0.2, -0.15) is 0 Å². The molecule has 1 aromatic carbocycles. The predicted octanol–water partition coefficient (Wildman–Crippen LogP) is 2.41. The Morgan fingerprint density at radius 1 is 1.12 bits per heavy atom. The minimum Gasteiger partial charge on any atom is -0.508 e. The van der Waals surface area contributed by atoms with Crippen molar-refractivity contribution in [2.45, 2.75) is 26.8 Å². The molecule has 0 aliphatic rings. The molecule has 0 radical (unpaired) electrons. The number of carbonyl (C=O) groups is 3. The lowest BCUT2D eigenvalue weighted by Crippen LogP contribution is -2.15. The van der Waals surface area contributed by atoms with E-state index in [1.807, 2.05) is 11.5 Å². The number of Topliss-reactive ketones (excluding diaryl/α,β-unsaturated/α-hetero) is 1. The van der Waals surface area contributed by atoms with Gasteiger partial charge in [0.2, 0.25) is 5.78 Å². The topological polar surface area (TPSA) is 94.8 Å². The van der Waals surface area contributed by atoms with Gasteiger partial charge >= 0.3 is 11.9 Å². The van der Waals surface area contributed by atoms with Gasteiger partial charge < -0.3 is 19.1 Å². The SMILES string of the molecule is COC(=O)CCn1c(C)cc(C(=O)COC(=O)c2ccc(O)cc2)c1C. The van der Waals surface area contributed by atoms with Crippen molar-refractivity contribution >= 4 is 17.7 Å². The van der Waals surface area contributed by atoms with Gasteiger partial charge in [0.15, 0.2) is 6.61 Å². The van der Waals surface area contributed by atoms with E-state index in [0.717, 1.165) is 5.69 Å². The maximum atomic E-state index is 12.4. The summed E-state index contributed by atoms with van der Waals surface area (Å²) in [6, 6.07) is 7.28. The molecular weight excluding hydrogens is 338 g/mol. The van der Waals surface area contributed by atoms with Crippen LogP contribution in [-0.2, 0) is 20.8 Å². The molecule has 2 aromatic rings. The zero-order valence-electron chi connectivity index (χ0n) is 14.9. The number of ketones is 1. The number of aromatic nitrogens is 1. The monoisotopic (exact) mass is 359 g/mol. The number of aryl methyl sites for hydroxylation is 1. The quantitative estimate of drug-likeness (QED) is 0.603. The Morgan fingerprint density at radius 2 is 1.77 bits per heavy atom. The van der Waals surface area contributed by atoms with Crippen molar-refractivity contribution < 1.29 is 29.0 Å². The van der Waals surface area contributed by atoms with Crippen LogP contribution >= 0.6 is 0 Å². The normalized spacial score (nSPS) is 10.4. The van der Waals surface area contributed by atoms with Gasteiger partial charge in [0.25, 0.3) is 0 Å². The molecule has 1 heterocycles. The molecule has 7 heteroatoms. The number of ether oxygens (including phenoxy) is 2. The zero-order valence-corrected chi connectivity index (χ0v) is 14.9. The highest BCUT2D eigenvalue weighted by molar-refractivity contribution is 6.00. The first-order valence-electron chi connectivity index (χ1n) is 8.06. The van der Waals surface area contributed by atoms with Gasteiger partial charge in [-0.3, -0.25) is 9.59 Å². The third-order valence-corrected chi connectivity index (χ3v) is 4.08. The first kappa shape index (κ1) is 19.2. The molecule has 0 amide bonds. The Morgan fingerprint density at radius 3 is 2.38 bits per heavy atom. The number of hydrogen-bond donors (Lipinski definition) is 1. The molecule has 0 aliphatic carbocycles. The van der Waals surface area contributed by atoms with Crippen molar-refractivity contribution in [2.24, 2.45) is 0 Å². The van der Waals surface area contributed by atoms with Gasteiger partial charge in [-0.1, -0.05) is 0 Å². The van der Waals surface area contributed by atoms with Crippen LogP contribution in [0.2, 0.25) is 0 Å². The molecular formula is C19H21NO6. The lowest BCUT2D eigenvalue weighted by atomic mass is 10.1. The zero-order chi connectivity index (χ0) is 19.3. The van der Waals surface area contributed by atoms with Crippen LogP contribution in [-0.4, -0.2) is 41.1 Å². The number of hydrogen-bond acceptors (Lipinski definition) is 6. The van der Waals surface area contributed by atoms with Gasteiger partial charge in [-0.15, -0.1) is 0 Å². The van der Waals surface area contributed by atoms with Crippen LogP contribution in [0.15, 0.2) is 30.3 Å². The summed E-state index contributed by atoms with van der Waals surface area (Å²) in [5.41, 5.74) is 2.24. The van der Waals surface area contributed by atoms with Crippen molar-refractivity contribution in [1.82, 2.24) is 4.57 Å². The molecule has 0 spiro atoms. The molecule has 26 heavy (non-hydrogen) atoms. The lowest BCUT2D eigenvalue weighted by Gasteiger charge is -2.09. The molecule has 7 nitrogen and oxygen atoms in total. The average molecular weight is 359 g/mol. The minimum absolute atomic E-state index is 0.0389. The molecule has 0 atom stereocenters. The van der Waals surface area contributed by atoms with Crippen molar-refractivity contribution in [2.75, 3.05) is 13.7 Å². The summed E-state index contributed by atoms with van der Waals surface area (Å²) >= 11 is 0. The second kappa shape index (κ2) is 8.33.